The fourth-order valence-corrected chi connectivity index (χ4v) is 2.92. The number of halogens is 1. The normalized spacial score (nSPS) is 18.5. The summed E-state index contributed by atoms with van der Waals surface area (Å²) >= 11 is 0. The maximum atomic E-state index is 13.7. The second kappa shape index (κ2) is 6.08. The van der Waals surface area contributed by atoms with Crippen molar-refractivity contribution in [2.24, 2.45) is 0 Å². The van der Waals surface area contributed by atoms with E-state index in [0.29, 0.717) is 13.1 Å². The van der Waals surface area contributed by atoms with Gasteiger partial charge in [-0.05, 0) is 19.2 Å². The van der Waals surface area contributed by atoms with Crippen molar-refractivity contribution in [2.45, 2.75) is 6.42 Å². The van der Waals surface area contributed by atoms with Crippen molar-refractivity contribution in [1.82, 2.24) is 14.7 Å². The van der Waals surface area contributed by atoms with Crippen LogP contribution in [0.3, 0.4) is 0 Å². The maximum Gasteiger partial charge on any atom is 0.264 e. The van der Waals surface area contributed by atoms with Crippen LogP contribution >= 0.6 is 0 Å². The van der Waals surface area contributed by atoms with E-state index in [1.165, 1.54) is 12.1 Å². The van der Waals surface area contributed by atoms with Gasteiger partial charge in [0.25, 0.3) is 11.8 Å². The quantitative estimate of drug-likeness (QED) is 0.765. The van der Waals surface area contributed by atoms with Gasteiger partial charge in [-0.2, -0.15) is 0 Å². The topological polar surface area (TPSA) is 60.9 Å². The van der Waals surface area contributed by atoms with E-state index in [2.05, 4.69) is 4.90 Å². The summed E-state index contributed by atoms with van der Waals surface area (Å²) in [6.45, 7) is 2.89. The molecule has 2 aliphatic heterocycles. The number of hydrogen-bond donors (Lipinski definition) is 0. The third-order valence-corrected chi connectivity index (χ3v) is 4.35. The Labute approximate surface area is 133 Å². The Morgan fingerprint density at radius 1 is 1.13 bits per heavy atom. The molecule has 1 fully saturated rings. The van der Waals surface area contributed by atoms with Gasteiger partial charge in [0.15, 0.2) is 0 Å². The highest BCUT2D eigenvalue weighted by molar-refractivity contribution is 6.21. The molecule has 0 aromatic heterocycles. The van der Waals surface area contributed by atoms with E-state index in [1.54, 1.807) is 4.90 Å². The number of imide groups is 1. The van der Waals surface area contributed by atoms with Crippen LogP contribution < -0.4 is 0 Å². The van der Waals surface area contributed by atoms with E-state index in [1.807, 2.05) is 7.05 Å². The van der Waals surface area contributed by atoms with Gasteiger partial charge in [0.2, 0.25) is 5.91 Å². The lowest BCUT2D eigenvalue weighted by Gasteiger charge is -2.32. The van der Waals surface area contributed by atoms with Gasteiger partial charge in [0, 0.05) is 39.1 Å². The number of rotatable bonds is 3. The first-order valence-electron chi connectivity index (χ1n) is 7.60. The van der Waals surface area contributed by atoms with Gasteiger partial charge in [-0.3, -0.25) is 19.3 Å². The molecule has 0 saturated carbocycles. The molecule has 1 aromatic rings. The summed E-state index contributed by atoms with van der Waals surface area (Å²) in [6, 6.07) is 3.99. The molecule has 0 aliphatic carbocycles. The summed E-state index contributed by atoms with van der Waals surface area (Å²) in [5.41, 5.74) is -0.119. The summed E-state index contributed by atoms with van der Waals surface area (Å²) in [6.07, 6.45) is 0.0663. The van der Waals surface area contributed by atoms with Gasteiger partial charge < -0.3 is 9.80 Å². The summed E-state index contributed by atoms with van der Waals surface area (Å²) in [5.74, 6) is -1.98. The molecule has 1 saturated heterocycles. The van der Waals surface area contributed by atoms with Crippen LogP contribution in [-0.2, 0) is 4.79 Å². The van der Waals surface area contributed by atoms with Crippen molar-refractivity contribution in [1.29, 1.82) is 0 Å². The van der Waals surface area contributed by atoms with Gasteiger partial charge in [-0.15, -0.1) is 0 Å². The monoisotopic (exact) mass is 319 g/mol. The molecule has 7 heteroatoms. The molecule has 2 aliphatic rings. The minimum Gasteiger partial charge on any atom is -0.340 e. The van der Waals surface area contributed by atoms with Crippen LogP contribution in [0.1, 0.15) is 27.1 Å². The first-order chi connectivity index (χ1) is 11.0. The van der Waals surface area contributed by atoms with Crippen molar-refractivity contribution >= 4 is 17.7 Å². The predicted molar refractivity (Wildman–Crippen MR) is 80.5 cm³/mol. The third-order valence-electron chi connectivity index (χ3n) is 4.35. The molecule has 0 unspecified atom stereocenters. The lowest BCUT2D eigenvalue weighted by atomic mass is 10.1. The highest BCUT2D eigenvalue weighted by atomic mass is 19.1. The Balaban J connectivity index is 1.64. The minimum atomic E-state index is -0.700. The number of hydrogen-bond acceptors (Lipinski definition) is 4. The van der Waals surface area contributed by atoms with Gasteiger partial charge in [-0.1, -0.05) is 6.07 Å². The number of carbonyl (C=O) groups excluding carboxylic acids is 3. The zero-order valence-corrected chi connectivity index (χ0v) is 12.9. The Hall–Kier alpha value is -2.28. The van der Waals surface area contributed by atoms with Gasteiger partial charge in [0.1, 0.15) is 5.82 Å². The lowest BCUT2D eigenvalue weighted by Crippen LogP contribution is -2.48. The van der Waals surface area contributed by atoms with Crippen LogP contribution in [0.2, 0.25) is 0 Å². The molecule has 0 bridgehead atoms. The fraction of sp³-hybridized carbons (Fsp3) is 0.438. The highest BCUT2D eigenvalue weighted by Gasteiger charge is 2.37. The van der Waals surface area contributed by atoms with Crippen molar-refractivity contribution in [3.63, 3.8) is 0 Å². The summed E-state index contributed by atoms with van der Waals surface area (Å²) in [4.78, 5) is 41.4. The van der Waals surface area contributed by atoms with Crippen LogP contribution in [0, 0.1) is 5.82 Å². The van der Waals surface area contributed by atoms with E-state index in [9.17, 15) is 18.8 Å². The van der Waals surface area contributed by atoms with Crippen molar-refractivity contribution in [3.8, 4) is 0 Å². The molecule has 0 spiro atoms. The average Bonchev–Trinajstić information content (AvgIpc) is 2.78. The minimum absolute atomic E-state index is 0.0169. The average molecular weight is 319 g/mol. The second-order valence-corrected chi connectivity index (χ2v) is 5.86. The summed E-state index contributed by atoms with van der Waals surface area (Å²) in [7, 11) is 2.00. The SMILES string of the molecule is CN1CCN(C(=O)CCN2C(=O)c3cccc(F)c3C2=O)CC1. The molecule has 23 heavy (non-hydrogen) atoms. The zero-order chi connectivity index (χ0) is 16.6. The summed E-state index contributed by atoms with van der Waals surface area (Å²) < 4.78 is 13.7. The van der Waals surface area contributed by atoms with Gasteiger partial charge >= 0.3 is 0 Å². The van der Waals surface area contributed by atoms with Crippen LogP contribution in [0.4, 0.5) is 4.39 Å². The molecule has 122 valence electrons. The zero-order valence-electron chi connectivity index (χ0n) is 12.9. The molecule has 6 nitrogen and oxygen atoms in total. The van der Waals surface area contributed by atoms with Crippen LogP contribution in [0.25, 0.3) is 0 Å². The first kappa shape index (κ1) is 15.6. The van der Waals surface area contributed by atoms with Crippen LogP contribution in [-0.4, -0.2) is 72.2 Å². The number of carbonyl (C=O) groups is 3. The number of piperazine rings is 1. The van der Waals surface area contributed by atoms with Crippen LogP contribution in [0.5, 0.6) is 0 Å². The molecule has 3 amide bonds. The van der Waals surface area contributed by atoms with Gasteiger partial charge in [-0.25, -0.2) is 4.39 Å². The molecule has 0 N–H and O–H groups in total. The second-order valence-electron chi connectivity index (χ2n) is 5.86. The number of fused-ring (bicyclic) bond motifs is 1. The Morgan fingerprint density at radius 2 is 1.83 bits per heavy atom. The highest BCUT2D eigenvalue weighted by Crippen LogP contribution is 2.25. The first-order valence-corrected chi connectivity index (χ1v) is 7.60. The van der Waals surface area contributed by atoms with E-state index >= 15 is 0 Å². The van der Waals surface area contributed by atoms with E-state index in [0.717, 1.165) is 24.1 Å². The molecule has 0 atom stereocenters. The number of nitrogens with zero attached hydrogens (tertiary/aromatic N) is 3. The predicted octanol–water partition coefficient (Wildman–Crippen LogP) is 0.586. The van der Waals surface area contributed by atoms with E-state index in [4.69, 9.17) is 0 Å². The van der Waals surface area contributed by atoms with E-state index < -0.39 is 17.6 Å². The fourth-order valence-electron chi connectivity index (χ4n) is 2.92. The Kier molecular flexibility index (Phi) is 4.12. The molecule has 2 heterocycles. The van der Waals surface area contributed by atoms with E-state index in [-0.39, 0.29) is 30.0 Å². The molecule has 3 rings (SSSR count). The maximum absolute atomic E-state index is 13.7. The lowest BCUT2D eigenvalue weighted by molar-refractivity contribution is -0.132. The van der Waals surface area contributed by atoms with Crippen molar-refractivity contribution in [2.75, 3.05) is 39.8 Å². The van der Waals surface area contributed by atoms with Crippen LogP contribution in [0.15, 0.2) is 18.2 Å². The smallest absolute Gasteiger partial charge is 0.264 e. The molecular weight excluding hydrogens is 301 g/mol. The van der Waals surface area contributed by atoms with Gasteiger partial charge in [0.05, 0.1) is 11.1 Å². The number of amides is 3. The Morgan fingerprint density at radius 3 is 2.48 bits per heavy atom. The van der Waals surface area contributed by atoms with Crippen molar-refractivity contribution < 1.29 is 18.8 Å². The van der Waals surface area contributed by atoms with Crippen molar-refractivity contribution in [3.05, 3.63) is 35.1 Å². The molecule has 1 aromatic carbocycles. The Bertz CT molecular complexity index is 669. The largest absolute Gasteiger partial charge is 0.340 e. The third kappa shape index (κ3) is 2.84. The molecule has 0 radical (unpaired) electrons. The summed E-state index contributed by atoms with van der Waals surface area (Å²) in [5, 5.41) is 0. The number of likely N-dealkylation sites (N-methyl/N-ethyl adjacent to an activating group) is 1. The molecular formula is C16H18FN3O3. The standard InChI is InChI=1S/C16H18FN3O3/c1-18-7-9-19(10-8-18)13(21)5-6-20-15(22)11-3-2-4-12(17)14(11)16(20)23/h2-4H,5-10H2,1H3. The number of benzene rings is 1.